The number of hydrogen-bond donors (Lipinski definition) is 0. The third kappa shape index (κ3) is 9.41. The normalized spacial score (nSPS) is 19.9. The molecule has 1 aromatic heterocycles. The van der Waals surface area contributed by atoms with Gasteiger partial charge < -0.3 is 14.2 Å². The largest absolute Gasteiger partial charge is 0.478 e. The molecule has 0 saturated heterocycles. The number of aromatic nitrogens is 1. The Morgan fingerprint density at radius 2 is 1.60 bits per heavy atom. The highest BCUT2D eigenvalue weighted by Gasteiger charge is 2.50. The van der Waals surface area contributed by atoms with E-state index in [9.17, 15) is 8.78 Å². The SMILES string of the molecule is CCCCCOCCCON1C=CC(C2CCc3cc(OCCCCOCCCC)nc(F)c3C2(F)F)=NC1F. The number of hydrogen-bond acceptors (Lipinski definition) is 7. The molecule has 226 valence electrons. The molecule has 0 amide bonds. The van der Waals surface area contributed by atoms with Crippen molar-refractivity contribution in [1.82, 2.24) is 10.0 Å². The highest BCUT2D eigenvalue weighted by molar-refractivity contribution is 5.98. The molecular weight excluding hydrogens is 530 g/mol. The van der Waals surface area contributed by atoms with Crippen molar-refractivity contribution in [1.29, 1.82) is 0 Å². The maximum absolute atomic E-state index is 15.5. The van der Waals surface area contributed by atoms with Crippen LogP contribution in [0.15, 0.2) is 23.3 Å². The number of halogens is 4. The smallest absolute Gasteiger partial charge is 0.288 e. The third-order valence-electron chi connectivity index (χ3n) is 6.86. The van der Waals surface area contributed by atoms with Gasteiger partial charge in [-0.25, -0.2) is 18.8 Å². The highest BCUT2D eigenvalue weighted by atomic mass is 19.3. The van der Waals surface area contributed by atoms with Gasteiger partial charge in [0.05, 0.1) is 30.4 Å². The number of ether oxygens (including phenoxy) is 3. The van der Waals surface area contributed by atoms with Crippen LogP contribution in [-0.4, -0.2) is 61.8 Å². The van der Waals surface area contributed by atoms with Crippen molar-refractivity contribution in [2.75, 3.05) is 39.6 Å². The van der Waals surface area contributed by atoms with Crippen molar-refractivity contribution in [3.05, 3.63) is 35.4 Å². The number of unbranched alkanes of at least 4 members (excludes halogenated alkanes) is 4. The predicted molar refractivity (Wildman–Crippen MR) is 145 cm³/mol. The topological polar surface area (TPSA) is 65.4 Å². The zero-order valence-electron chi connectivity index (χ0n) is 23.7. The Hall–Kier alpha value is -2.24. The van der Waals surface area contributed by atoms with E-state index in [4.69, 9.17) is 19.0 Å². The van der Waals surface area contributed by atoms with Crippen LogP contribution in [0.25, 0.3) is 0 Å². The van der Waals surface area contributed by atoms with Crippen LogP contribution in [0, 0.1) is 11.9 Å². The molecule has 0 bridgehead atoms. The standard InChI is InChI=1S/C29H43F4N3O4/c1-3-5-7-16-38-18-10-20-40-36-14-13-24(34-28(36)31)23-12-11-22-21-25(35-27(30)26(22)29(23,32)33)39-19-9-8-17-37-15-6-4-2/h13-14,21,23,28H,3-12,15-20H2,1-2H3. The molecule has 1 aromatic rings. The predicted octanol–water partition coefficient (Wildman–Crippen LogP) is 6.90. The second kappa shape index (κ2) is 16.9. The molecule has 1 aliphatic heterocycles. The summed E-state index contributed by atoms with van der Waals surface area (Å²) in [6.45, 7) is 7.19. The second-order valence-corrected chi connectivity index (χ2v) is 10.1. The first-order valence-electron chi connectivity index (χ1n) is 14.6. The van der Waals surface area contributed by atoms with Crippen molar-refractivity contribution in [2.45, 2.75) is 90.4 Å². The molecule has 2 atom stereocenters. The molecule has 2 aliphatic rings. The first-order valence-corrected chi connectivity index (χ1v) is 14.6. The number of allylic oxidation sites excluding steroid dienone is 1. The van der Waals surface area contributed by atoms with Crippen LogP contribution in [-0.2, 0) is 26.7 Å². The van der Waals surface area contributed by atoms with Crippen LogP contribution in [0.4, 0.5) is 17.6 Å². The molecule has 0 saturated carbocycles. The molecule has 7 nitrogen and oxygen atoms in total. The molecule has 0 aromatic carbocycles. The third-order valence-corrected chi connectivity index (χ3v) is 6.86. The Kier molecular flexibility index (Phi) is 13.6. The molecule has 0 radical (unpaired) electrons. The zero-order chi connectivity index (χ0) is 28.8. The van der Waals surface area contributed by atoms with Gasteiger partial charge in [0, 0.05) is 38.7 Å². The summed E-state index contributed by atoms with van der Waals surface area (Å²) >= 11 is 0. The number of fused-ring (bicyclic) bond motifs is 1. The summed E-state index contributed by atoms with van der Waals surface area (Å²) < 4.78 is 77.1. The Balaban J connectivity index is 1.49. The maximum atomic E-state index is 15.5. The van der Waals surface area contributed by atoms with Gasteiger partial charge in [-0.2, -0.15) is 13.8 Å². The van der Waals surface area contributed by atoms with Crippen LogP contribution >= 0.6 is 0 Å². The van der Waals surface area contributed by atoms with Crippen LogP contribution in [0.3, 0.4) is 0 Å². The monoisotopic (exact) mass is 573 g/mol. The molecule has 40 heavy (non-hydrogen) atoms. The summed E-state index contributed by atoms with van der Waals surface area (Å²) in [5.41, 5.74) is -0.765. The fraction of sp³-hybridized carbons (Fsp3) is 0.724. The van der Waals surface area contributed by atoms with E-state index >= 15 is 8.78 Å². The van der Waals surface area contributed by atoms with E-state index < -0.39 is 29.8 Å². The van der Waals surface area contributed by atoms with Crippen LogP contribution in [0.2, 0.25) is 0 Å². The average Bonchev–Trinajstić information content (AvgIpc) is 2.92. The molecular formula is C29H43F4N3O4. The number of aliphatic imine (C=N–C) groups is 1. The van der Waals surface area contributed by atoms with Gasteiger partial charge in [0.15, 0.2) is 0 Å². The Morgan fingerprint density at radius 3 is 2.33 bits per heavy atom. The molecule has 0 N–H and O–H groups in total. The first kappa shape index (κ1) is 32.3. The number of alkyl halides is 3. The molecule has 3 rings (SSSR count). The molecule has 2 heterocycles. The van der Waals surface area contributed by atoms with Crippen LogP contribution in [0.1, 0.15) is 82.8 Å². The van der Waals surface area contributed by atoms with E-state index in [0.29, 0.717) is 32.7 Å². The van der Waals surface area contributed by atoms with Crippen molar-refractivity contribution in [2.24, 2.45) is 10.9 Å². The van der Waals surface area contributed by atoms with Crippen molar-refractivity contribution < 1.29 is 36.6 Å². The lowest BCUT2D eigenvalue weighted by atomic mass is 9.78. The summed E-state index contributed by atoms with van der Waals surface area (Å²) in [6, 6.07) is 1.37. The minimum Gasteiger partial charge on any atom is -0.478 e. The van der Waals surface area contributed by atoms with Crippen molar-refractivity contribution >= 4 is 5.71 Å². The lowest BCUT2D eigenvalue weighted by molar-refractivity contribution is -0.182. The Bertz CT molecular complexity index is 963. The van der Waals surface area contributed by atoms with Gasteiger partial charge in [-0.15, -0.1) is 0 Å². The number of hydroxylamine groups is 2. The molecule has 1 aliphatic carbocycles. The Labute approximate surface area is 234 Å². The van der Waals surface area contributed by atoms with E-state index in [1.807, 2.05) is 0 Å². The number of rotatable bonds is 19. The zero-order valence-corrected chi connectivity index (χ0v) is 23.7. The van der Waals surface area contributed by atoms with Crippen LogP contribution < -0.4 is 4.74 Å². The van der Waals surface area contributed by atoms with Crippen molar-refractivity contribution in [3.63, 3.8) is 0 Å². The summed E-state index contributed by atoms with van der Waals surface area (Å²) in [5.74, 6) is -6.39. The number of aryl methyl sites for hydroxylation is 1. The van der Waals surface area contributed by atoms with Gasteiger partial charge in [0.1, 0.15) is 0 Å². The summed E-state index contributed by atoms with van der Waals surface area (Å²) in [4.78, 5) is 12.8. The minimum absolute atomic E-state index is 0.0183. The van der Waals surface area contributed by atoms with Gasteiger partial charge in [-0.3, -0.25) is 4.84 Å². The lowest BCUT2D eigenvalue weighted by Gasteiger charge is -2.35. The van der Waals surface area contributed by atoms with Gasteiger partial charge in [0.25, 0.3) is 12.3 Å². The van der Waals surface area contributed by atoms with Gasteiger partial charge in [-0.05, 0) is 56.6 Å². The van der Waals surface area contributed by atoms with E-state index in [0.717, 1.165) is 50.2 Å². The van der Waals surface area contributed by atoms with Gasteiger partial charge in [-0.1, -0.05) is 33.1 Å². The van der Waals surface area contributed by atoms with E-state index in [-0.39, 0.29) is 43.2 Å². The second-order valence-electron chi connectivity index (χ2n) is 10.1. The molecule has 0 spiro atoms. The van der Waals surface area contributed by atoms with E-state index in [1.54, 1.807) is 0 Å². The van der Waals surface area contributed by atoms with Crippen LogP contribution in [0.5, 0.6) is 5.88 Å². The molecule has 11 heteroatoms. The highest BCUT2D eigenvalue weighted by Crippen LogP contribution is 2.47. The number of nitrogens with zero attached hydrogens (tertiary/aromatic N) is 3. The van der Waals surface area contributed by atoms with E-state index in [2.05, 4.69) is 23.8 Å². The molecule has 2 unspecified atom stereocenters. The Morgan fingerprint density at radius 1 is 0.925 bits per heavy atom. The quantitative estimate of drug-likeness (QED) is 0.0776. The minimum atomic E-state index is -3.61. The molecule has 0 fully saturated rings. The summed E-state index contributed by atoms with van der Waals surface area (Å²) in [5, 5.41) is 0.887. The average molecular weight is 574 g/mol. The van der Waals surface area contributed by atoms with Crippen molar-refractivity contribution in [3.8, 4) is 5.88 Å². The summed E-state index contributed by atoms with van der Waals surface area (Å²) in [7, 11) is 0. The maximum Gasteiger partial charge on any atom is 0.288 e. The fourth-order valence-electron chi connectivity index (χ4n) is 4.62. The lowest BCUT2D eigenvalue weighted by Crippen LogP contribution is -2.40. The fourth-order valence-corrected chi connectivity index (χ4v) is 4.62. The van der Waals surface area contributed by atoms with E-state index in [1.165, 1.54) is 18.3 Å². The number of pyridine rings is 1. The van der Waals surface area contributed by atoms with Gasteiger partial charge in [0.2, 0.25) is 11.8 Å². The summed E-state index contributed by atoms with van der Waals surface area (Å²) in [6.07, 6.45) is 8.04. The first-order chi connectivity index (χ1) is 19.4. The van der Waals surface area contributed by atoms with Gasteiger partial charge >= 0.3 is 0 Å².